The van der Waals surface area contributed by atoms with Crippen LogP contribution in [0.3, 0.4) is 0 Å². The Bertz CT molecular complexity index is 1000. The number of hydrogen-bond acceptors (Lipinski definition) is 8. The Morgan fingerprint density at radius 3 is 2.50 bits per heavy atom. The van der Waals surface area contributed by atoms with Crippen molar-refractivity contribution in [3.8, 4) is 28.9 Å². The fraction of sp³-hybridized carbons (Fsp3) is 0.0556. The van der Waals surface area contributed by atoms with Crippen molar-refractivity contribution < 1.29 is 9.26 Å². The molecule has 128 valence electrons. The Morgan fingerprint density at radius 2 is 1.73 bits per heavy atom. The fourth-order valence-corrected chi connectivity index (χ4v) is 2.32. The molecule has 0 amide bonds. The number of ether oxygens (including phenoxy) is 1. The van der Waals surface area contributed by atoms with Crippen LogP contribution in [0.1, 0.15) is 0 Å². The number of aromatic nitrogens is 5. The average molecular weight is 346 g/mol. The Morgan fingerprint density at radius 1 is 0.962 bits per heavy atom. The van der Waals surface area contributed by atoms with Crippen molar-refractivity contribution in [2.75, 3.05) is 12.4 Å². The van der Waals surface area contributed by atoms with Gasteiger partial charge < -0.3 is 14.6 Å². The lowest BCUT2D eigenvalue weighted by Crippen LogP contribution is -1.92. The highest BCUT2D eigenvalue weighted by atomic mass is 16.5. The molecule has 3 heterocycles. The van der Waals surface area contributed by atoms with Gasteiger partial charge in [0.1, 0.15) is 12.0 Å². The number of benzene rings is 1. The zero-order valence-corrected chi connectivity index (χ0v) is 13.8. The van der Waals surface area contributed by atoms with Crippen LogP contribution in [0.25, 0.3) is 23.0 Å². The van der Waals surface area contributed by atoms with Crippen LogP contribution in [0.15, 0.2) is 65.7 Å². The van der Waals surface area contributed by atoms with Gasteiger partial charge in [-0.3, -0.25) is 4.98 Å². The van der Waals surface area contributed by atoms with E-state index in [0.717, 1.165) is 16.9 Å². The predicted molar refractivity (Wildman–Crippen MR) is 94.8 cm³/mol. The maximum Gasteiger partial charge on any atom is 0.258 e. The van der Waals surface area contributed by atoms with Crippen LogP contribution < -0.4 is 10.1 Å². The number of nitrogens with one attached hydrogen (secondary N) is 1. The Labute approximate surface area is 148 Å². The molecule has 4 rings (SSSR count). The summed E-state index contributed by atoms with van der Waals surface area (Å²) in [5, 5.41) is 7.26. The van der Waals surface area contributed by atoms with E-state index in [1.807, 2.05) is 36.4 Å². The van der Waals surface area contributed by atoms with E-state index in [1.165, 1.54) is 13.4 Å². The van der Waals surface area contributed by atoms with E-state index in [2.05, 4.69) is 30.4 Å². The molecule has 0 unspecified atom stereocenters. The van der Waals surface area contributed by atoms with Gasteiger partial charge in [-0.1, -0.05) is 5.16 Å². The summed E-state index contributed by atoms with van der Waals surface area (Å²) in [6, 6.07) is 13.1. The summed E-state index contributed by atoms with van der Waals surface area (Å²) >= 11 is 0. The van der Waals surface area contributed by atoms with Crippen LogP contribution in [-0.4, -0.2) is 32.2 Å². The maximum atomic E-state index is 5.35. The van der Waals surface area contributed by atoms with E-state index in [1.54, 1.807) is 18.5 Å². The van der Waals surface area contributed by atoms with Crippen molar-refractivity contribution in [1.29, 1.82) is 0 Å². The predicted octanol–water partition coefficient (Wildman–Crippen LogP) is 3.34. The zero-order valence-electron chi connectivity index (χ0n) is 13.8. The highest BCUT2D eigenvalue weighted by molar-refractivity contribution is 5.64. The molecule has 26 heavy (non-hydrogen) atoms. The number of rotatable bonds is 5. The van der Waals surface area contributed by atoms with Crippen LogP contribution in [0.5, 0.6) is 5.88 Å². The van der Waals surface area contributed by atoms with Gasteiger partial charge in [0.2, 0.25) is 11.7 Å². The largest absolute Gasteiger partial charge is 0.481 e. The summed E-state index contributed by atoms with van der Waals surface area (Å²) in [5.41, 5.74) is 3.25. The molecule has 4 aromatic rings. The number of methoxy groups -OCH3 is 1. The lowest BCUT2D eigenvalue weighted by Gasteiger charge is -2.05. The topological polar surface area (TPSA) is 98.9 Å². The summed E-state index contributed by atoms with van der Waals surface area (Å²) in [6.45, 7) is 0. The van der Waals surface area contributed by atoms with E-state index in [-0.39, 0.29) is 0 Å². The first kappa shape index (κ1) is 15.7. The molecule has 0 radical (unpaired) electrons. The number of pyridine rings is 1. The average Bonchev–Trinajstić information content (AvgIpc) is 3.20. The quantitative estimate of drug-likeness (QED) is 0.587. The molecule has 8 nitrogen and oxygen atoms in total. The summed E-state index contributed by atoms with van der Waals surface area (Å²) in [5.74, 6) is 1.22. The minimum Gasteiger partial charge on any atom is -0.481 e. The molecule has 3 aromatic heterocycles. The maximum absolute atomic E-state index is 5.35. The first-order valence-corrected chi connectivity index (χ1v) is 7.79. The van der Waals surface area contributed by atoms with Crippen LogP contribution in [0.2, 0.25) is 0 Å². The monoisotopic (exact) mass is 346 g/mol. The summed E-state index contributed by atoms with van der Waals surface area (Å²) in [7, 11) is 1.54. The second kappa shape index (κ2) is 6.98. The van der Waals surface area contributed by atoms with Gasteiger partial charge in [-0.15, -0.1) is 0 Å². The Balaban J connectivity index is 1.54. The van der Waals surface area contributed by atoms with Crippen molar-refractivity contribution in [3.63, 3.8) is 0 Å². The van der Waals surface area contributed by atoms with Crippen molar-refractivity contribution in [2.45, 2.75) is 0 Å². The summed E-state index contributed by atoms with van der Waals surface area (Å²) < 4.78 is 10.4. The third-order valence-corrected chi connectivity index (χ3v) is 3.61. The third kappa shape index (κ3) is 3.34. The second-order valence-electron chi connectivity index (χ2n) is 5.31. The van der Waals surface area contributed by atoms with Gasteiger partial charge >= 0.3 is 0 Å². The molecule has 0 atom stereocenters. The Hall–Kier alpha value is -3.81. The number of anilines is 2. The van der Waals surface area contributed by atoms with Crippen LogP contribution >= 0.6 is 0 Å². The van der Waals surface area contributed by atoms with E-state index < -0.39 is 0 Å². The van der Waals surface area contributed by atoms with Gasteiger partial charge in [-0.05, 0) is 36.4 Å². The lowest BCUT2D eigenvalue weighted by atomic mass is 10.2. The fourth-order valence-electron chi connectivity index (χ4n) is 2.32. The first-order chi connectivity index (χ1) is 12.8. The minimum absolute atomic E-state index is 0.375. The van der Waals surface area contributed by atoms with Crippen molar-refractivity contribution in [1.82, 2.24) is 25.1 Å². The molecular weight excluding hydrogens is 332 g/mol. The SMILES string of the molecule is COc1cc(-c2noc(-c3ccc(Nc4ccncc4)cc3)n2)ncn1. The van der Waals surface area contributed by atoms with Crippen molar-refractivity contribution in [3.05, 3.63) is 61.2 Å². The smallest absolute Gasteiger partial charge is 0.258 e. The summed E-state index contributed by atoms with van der Waals surface area (Å²) in [6.07, 6.45) is 4.86. The van der Waals surface area contributed by atoms with Crippen LogP contribution in [-0.2, 0) is 0 Å². The number of hydrogen-bond donors (Lipinski definition) is 1. The van der Waals surface area contributed by atoms with Crippen molar-refractivity contribution >= 4 is 11.4 Å². The molecule has 8 heteroatoms. The molecule has 0 aliphatic heterocycles. The third-order valence-electron chi connectivity index (χ3n) is 3.61. The first-order valence-electron chi connectivity index (χ1n) is 7.79. The minimum atomic E-state index is 0.375. The van der Waals surface area contributed by atoms with E-state index in [9.17, 15) is 0 Å². The standard InChI is InChI=1S/C18H14N6O2/c1-25-16-10-15(20-11-21-16)17-23-18(26-24-17)12-2-4-13(5-3-12)22-14-6-8-19-9-7-14/h2-11H,1H3,(H,19,22). The normalized spacial score (nSPS) is 10.5. The Kier molecular flexibility index (Phi) is 4.21. The van der Waals surface area contributed by atoms with Crippen LogP contribution in [0, 0.1) is 0 Å². The van der Waals surface area contributed by atoms with Gasteiger partial charge in [0, 0.05) is 35.4 Å². The highest BCUT2D eigenvalue weighted by Crippen LogP contribution is 2.24. The molecule has 1 N–H and O–H groups in total. The molecule has 1 aromatic carbocycles. The molecule has 0 saturated heterocycles. The molecule has 0 aliphatic rings. The summed E-state index contributed by atoms with van der Waals surface area (Å²) in [4.78, 5) is 16.5. The lowest BCUT2D eigenvalue weighted by molar-refractivity contribution is 0.397. The van der Waals surface area contributed by atoms with Gasteiger partial charge in [-0.25, -0.2) is 9.97 Å². The van der Waals surface area contributed by atoms with Crippen molar-refractivity contribution in [2.24, 2.45) is 0 Å². The zero-order chi connectivity index (χ0) is 17.8. The van der Waals surface area contributed by atoms with Gasteiger partial charge in [0.15, 0.2) is 0 Å². The second-order valence-corrected chi connectivity index (χ2v) is 5.31. The van der Waals surface area contributed by atoms with Gasteiger partial charge in [0.25, 0.3) is 5.89 Å². The molecule has 0 saturated carbocycles. The highest BCUT2D eigenvalue weighted by Gasteiger charge is 2.12. The van der Waals surface area contributed by atoms with Crippen LogP contribution in [0.4, 0.5) is 11.4 Å². The number of nitrogens with zero attached hydrogens (tertiary/aromatic N) is 5. The van der Waals surface area contributed by atoms with E-state index in [0.29, 0.717) is 23.3 Å². The van der Waals surface area contributed by atoms with Gasteiger partial charge in [-0.2, -0.15) is 4.98 Å². The molecular formula is C18H14N6O2. The molecule has 0 fully saturated rings. The molecule has 0 aliphatic carbocycles. The molecule has 0 bridgehead atoms. The van der Waals surface area contributed by atoms with E-state index in [4.69, 9.17) is 9.26 Å². The van der Waals surface area contributed by atoms with Gasteiger partial charge in [0.05, 0.1) is 7.11 Å². The van der Waals surface area contributed by atoms with E-state index >= 15 is 0 Å². The molecule has 0 spiro atoms.